The number of nitrogens with one attached hydrogen (secondary N) is 1. The molecule has 100 valence electrons. The Kier molecular flexibility index (Phi) is 2.50. The van der Waals surface area contributed by atoms with Gasteiger partial charge in [-0.1, -0.05) is 24.3 Å². The summed E-state index contributed by atoms with van der Waals surface area (Å²) in [6.45, 7) is 0.767. The maximum Gasteiger partial charge on any atom is 0.271 e. The fourth-order valence-electron chi connectivity index (χ4n) is 3.23. The van der Waals surface area contributed by atoms with Crippen molar-refractivity contribution in [2.45, 2.75) is 18.9 Å². The second-order valence-electron chi connectivity index (χ2n) is 5.26. The number of fused-ring (bicyclic) bond motifs is 4. The van der Waals surface area contributed by atoms with Gasteiger partial charge in [-0.05, 0) is 29.8 Å². The molecule has 1 aromatic heterocycles. The van der Waals surface area contributed by atoms with Crippen LogP contribution in [0.5, 0.6) is 0 Å². The fraction of sp³-hybridized carbons (Fsp3) is 0.267. The first-order valence-electron chi connectivity index (χ1n) is 6.71. The lowest BCUT2D eigenvalue weighted by molar-refractivity contribution is 0.0623. The van der Waals surface area contributed by atoms with Crippen LogP contribution in [-0.4, -0.2) is 27.3 Å². The van der Waals surface area contributed by atoms with Crippen LogP contribution < -0.4 is 0 Å². The van der Waals surface area contributed by atoms with Crippen molar-refractivity contribution in [3.63, 3.8) is 0 Å². The first kappa shape index (κ1) is 11.8. The minimum atomic E-state index is 0.0410. The van der Waals surface area contributed by atoms with Gasteiger partial charge >= 0.3 is 0 Å². The number of H-pyrrole nitrogens is 1. The van der Waals surface area contributed by atoms with E-state index in [1.807, 2.05) is 11.0 Å². The molecule has 0 saturated heterocycles. The van der Waals surface area contributed by atoms with Crippen molar-refractivity contribution in [2.75, 3.05) is 6.54 Å². The van der Waals surface area contributed by atoms with Crippen LogP contribution in [0.4, 0.5) is 0 Å². The van der Waals surface area contributed by atoms with E-state index in [0.717, 1.165) is 24.9 Å². The zero-order chi connectivity index (χ0) is 13.7. The van der Waals surface area contributed by atoms with Crippen LogP contribution in [0.15, 0.2) is 30.5 Å². The van der Waals surface area contributed by atoms with Crippen molar-refractivity contribution >= 4 is 18.1 Å². The molecule has 0 spiro atoms. The summed E-state index contributed by atoms with van der Waals surface area (Å²) in [6.07, 6.45) is 3.46. The second kappa shape index (κ2) is 4.24. The molecule has 0 radical (unpaired) electrons. The second-order valence-corrected chi connectivity index (χ2v) is 5.64. The Balaban J connectivity index is 1.86. The monoisotopic (exact) mass is 283 g/mol. The summed E-state index contributed by atoms with van der Waals surface area (Å²) in [4.78, 5) is 21.6. The number of hydrogen-bond donors (Lipinski definition) is 1. The zero-order valence-corrected chi connectivity index (χ0v) is 11.6. The Hall–Kier alpha value is -2.01. The zero-order valence-electron chi connectivity index (χ0n) is 10.8. The third-order valence-corrected chi connectivity index (χ3v) is 4.40. The van der Waals surface area contributed by atoms with Gasteiger partial charge in [0.05, 0.1) is 6.04 Å². The molecule has 1 aromatic carbocycles. The number of hydrogen-bond acceptors (Lipinski definition) is 3. The third kappa shape index (κ3) is 1.63. The summed E-state index contributed by atoms with van der Waals surface area (Å²) in [5.74, 6) is 0.0410. The molecule has 0 bridgehead atoms. The number of nitrogens with zero attached hydrogens (tertiary/aromatic N) is 2. The standard InChI is InChI=1S/C15H13N3OS/c19-14-13-10(8-16-15(20)17-13)7-12-11-4-2-1-3-9(11)5-6-18(12)14/h1-4,8,12H,5-7H2,(H,16,17,20). The number of carbonyl (C=O) groups excluding carboxylic acids is 1. The van der Waals surface area contributed by atoms with Crippen molar-refractivity contribution in [3.05, 3.63) is 57.6 Å². The summed E-state index contributed by atoms with van der Waals surface area (Å²) in [5.41, 5.74) is 4.18. The van der Waals surface area contributed by atoms with E-state index in [-0.39, 0.29) is 11.9 Å². The molecule has 0 aliphatic carbocycles. The molecule has 2 aliphatic heterocycles. The van der Waals surface area contributed by atoms with Gasteiger partial charge in [0.2, 0.25) is 0 Å². The Morgan fingerprint density at radius 2 is 2.15 bits per heavy atom. The molecule has 2 aromatic rings. The topological polar surface area (TPSA) is 49.0 Å². The van der Waals surface area contributed by atoms with Gasteiger partial charge in [0.25, 0.3) is 5.91 Å². The van der Waals surface area contributed by atoms with E-state index in [2.05, 4.69) is 28.2 Å². The minimum Gasteiger partial charge on any atom is -0.330 e. The summed E-state index contributed by atoms with van der Waals surface area (Å²) in [7, 11) is 0. The highest BCUT2D eigenvalue weighted by atomic mass is 32.1. The summed E-state index contributed by atoms with van der Waals surface area (Å²) in [6, 6.07) is 8.52. The molecule has 4 nitrogen and oxygen atoms in total. The molecule has 2 aliphatic rings. The van der Waals surface area contributed by atoms with Gasteiger partial charge in [0, 0.05) is 24.7 Å². The predicted octanol–water partition coefficient (Wildman–Crippen LogP) is 2.43. The molecule has 1 N–H and O–H groups in total. The van der Waals surface area contributed by atoms with E-state index >= 15 is 0 Å². The van der Waals surface area contributed by atoms with Crippen LogP contribution in [0.3, 0.4) is 0 Å². The highest BCUT2D eigenvalue weighted by molar-refractivity contribution is 7.71. The molecular weight excluding hydrogens is 270 g/mol. The van der Waals surface area contributed by atoms with E-state index in [1.54, 1.807) is 6.20 Å². The normalized spacial score (nSPS) is 20.1. The lowest BCUT2D eigenvalue weighted by atomic mass is 9.86. The predicted molar refractivity (Wildman–Crippen MR) is 77.0 cm³/mol. The quantitative estimate of drug-likeness (QED) is 0.755. The van der Waals surface area contributed by atoms with Crippen LogP contribution in [-0.2, 0) is 12.8 Å². The average Bonchev–Trinajstić information content (AvgIpc) is 2.48. The van der Waals surface area contributed by atoms with Crippen LogP contribution in [0.25, 0.3) is 0 Å². The Morgan fingerprint density at radius 3 is 3.05 bits per heavy atom. The molecule has 20 heavy (non-hydrogen) atoms. The van der Waals surface area contributed by atoms with Crippen LogP contribution in [0, 0.1) is 4.77 Å². The minimum absolute atomic E-state index is 0.0410. The third-order valence-electron chi connectivity index (χ3n) is 4.19. The van der Waals surface area contributed by atoms with E-state index < -0.39 is 0 Å². The van der Waals surface area contributed by atoms with Crippen LogP contribution in [0.1, 0.15) is 33.2 Å². The van der Waals surface area contributed by atoms with Gasteiger partial charge in [-0.25, -0.2) is 4.98 Å². The largest absolute Gasteiger partial charge is 0.330 e. The molecule has 0 saturated carbocycles. The maximum atomic E-state index is 12.6. The summed E-state index contributed by atoms with van der Waals surface area (Å²) >= 11 is 5.02. The van der Waals surface area contributed by atoms with Gasteiger partial charge in [0.15, 0.2) is 4.77 Å². The van der Waals surface area contributed by atoms with E-state index in [0.29, 0.717) is 10.5 Å². The lowest BCUT2D eigenvalue weighted by Gasteiger charge is -2.40. The molecule has 3 heterocycles. The first-order chi connectivity index (χ1) is 9.74. The molecule has 0 fully saturated rings. The number of carbonyl (C=O) groups is 1. The van der Waals surface area contributed by atoms with Crippen molar-refractivity contribution in [1.82, 2.24) is 14.9 Å². The van der Waals surface area contributed by atoms with E-state index in [4.69, 9.17) is 12.2 Å². The van der Waals surface area contributed by atoms with Gasteiger partial charge in [-0.15, -0.1) is 0 Å². The number of amides is 1. The first-order valence-corrected chi connectivity index (χ1v) is 7.12. The van der Waals surface area contributed by atoms with E-state index in [9.17, 15) is 4.79 Å². The van der Waals surface area contributed by atoms with Crippen LogP contribution >= 0.6 is 12.2 Å². The highest BCUT2D eigenvalue weighted by Crippen LogP contribution is 2.36. The van der Waals surface area contributed by atoms with Gasteiger partial charge < -0.3 is 9.88 Å². The van der Waals surface area contributed by atoms with Crippen molar-refractivity contribution in [2.24, 2.45) is 0 Å². The highest BCUT2D eigenvalue weighted by Gasteiger charge is 2.37. The summed E-state index contributed by atoms with van der Waals surface area (Å²) < 4.78 is 0.368. The molecule has 1 atom stereocenters. The smallest absolute Gasteiger partial charge is 0.271 e. The van der Waals surface area contributed by atoms with Crippen LogP contribution in [0.2, 0.25) is 0 Å². The number of aromatic amines is 1. The van der Waals surface area contributed by atoms with Crippen molar-refractivity contribution in [3.8, 4) is 0 Å². The Morgan fingerprint density at radius 1 is 1.30 bits per heavy atom. The number of benzene rings is 1. The van der Waals surface area contributed by atoms with Crippen molar-refractivity contribution < 1.29 is 4.79 Å². The SMILES string of the molecule is O=C1c2[nH]c(=S)ncc2CC2c3ccccc3CCN12. The van der Waals surface area contributed by atoms with Gasteiger partial charge in [-0.2, -0.15) is 0 Å². The van der Waals surface area contributed by atoms with Gasteiger partial charge in [0.1, 0.15) is 5.69 Å². The fourth-order valence-corrected chi connectivity index (χ4v) is 3.39. The number of aromatic nitrogens is 2. The van der Waals surface area contributed by atoms with E-state index in [1.165, 1.54) is 11.1 Å². The molecular formula is C15H13N3OS. The summed E-state index contributed by atoms with van der Waals surface area (Å²) in [5, 5.41) is 0. The van der Waals surface area contributed by atoms with Gasteiger partial charge in [-0.3, -0.25) is 4.79 Å². The maximum absolute atomic E-state index is 12.6. The molecule has 4 rings (SSSR count). The average molecular weight is 283 g/mol. The molecule has 1 amide bonds. The van der Waals surface area contributed by atoms with Crippen molar-refractivity contribution in [1.29, 1.82) is 0 Å². The Labute approximate surface area is 121 Å². The lowest BCUT2D eigenvalue weighted by Crippen LogP contribution is -2.45. The molecule has 5 heteroatoms. The molecule has 1 unspecified atom stereocenters. The Bertz CT molecular complexity index is 768. The number of rotatable bonds is 0.